The molecular formula is C29H32ClN3O5. The number of carbonyl (C=O) groups excluding carboxylic acids is 2. The van der Waals surface area contributed by atoms with Crippen LogP contribution in [0.5, 0.6) is 5.75 Å². The average Bonchev–Trinajstić information content (AvgIpc) is 3.48. The van der Waals surface area contributed by atoms with Crippen LogP contribution >= 0.6 is 11.6 Å². The van der Waals surface area contributed by atoms with Crippen LogP contribution in [0, 0.1) is 10.8 Å². The molecular weight excluding hydrogens is 506 g/mol. The number of aliphatic hydroxyl groups excluding tert-OH is 1. The minimum absolute atomic E-state index is 0.106. The quantitative estimate of drug-likeness (QED) is 0.437. The zero-order valence-electron chi connectivity index (χ0n) is 22.3. The van der Waals surface area contributed by atoms with Gasteiger partial charge in [0.05, 0.1) is 5.57 Å². The molecule has 3 aromatic rings. The van der Waals surface area contributed by atoms with Gasteiger partial charge in [-0.25, -0.2) is 9.67 Å². The van der Waals surface area contributed by atoms with Crippen LogP contribution in [0.4, 0.5) is 0 Å². The number of hydrogen-bond donors (Lipinski definition) is 1. The van der Waals surface area contributed by atoms with E-state index in [0.717, 1.165) is 5.56 Å². The van der Waals surface area contributed by atoms with E-state index in [1.807, 2.05) is 53.7 Å². The molecule has 1 N–H and O–H groups in total. The van der Waals surface area contributed by atoms with E-state index in [9.17, 15) is 14.7 Å². The molecule has 0 amide bonds. The fraction of sp³-hybridized carbons (Fsp3) is 0.379. The molecule has 3 atom stereocenters. The summed E-state index contributed by atoms with van der Waals surface area (Å²) in [6, 6.07) is 14.1. The molecule has 2 heterocycles. The van der Waals surface area contributed by atoms with Crippen molar-refractivity contribution in [1.29, 1.82) is 0 Å². The third-order valence-electron chi connectivity index (χ3n) is 6.96. The number of hydrogen-bond acceptors (Lipinski definition) is 7. The molecule has 3 unspecified atom stereocenters. The van der Waals surface area contributed by atoms with Gasteiger partial charge in [-0.2, -0.15) is 5.10 Å². The van der Waals surface area contributed by atoms with Crippen LogP contribution in [-0.2, 0) is 9.53 Å². The molecule has 9 heteroatoms. The molecule has 1 aromatic heterocycles. The Morgan fingerprint density at radius 2 is 1.68 bits per heavy atom. The van der Waals surface area contributed by atoms with Gasteiger partial charge in [0, 0.05) is 21.6 Å². The highest BCUT2D eigenvalue weighted by Gasteiger charge is 2.49. The van der Waals surface area contributed by atoms with Gasteiger partial charge in [-0.15, -0.1) is 0 Å². The van der Waals surface area contributed by atoms with E-state index in [2.05, 4.69) is 10.1 Å². The Morgan fingerprint density at radius 1 is 1.05 bits per heavy atom. The summed E-state index contributed by atoms with van der Waals surface area (Å²) in [5.41, 5.74) is 0.943. The van der Waals surface area contributed by atoms with Crippen molar-refractivity contribution in [2.45, 2.75) is 60.0 Å². The van der Waals surface area contributed by atoms with Crippen molar-refractivity contribution in [1.82, 2.24) is 14.8 Å². The van der Waals surface area contributed by atoms with Crippen molar-refractivity contribution in [2.24, 2.45) is 10.8 Å². The number of fused-ring (bicyclic) bond motifs is 2. The summed E-state index contributed by atoms with van der Waals surface area (Å²) in [6.07, 6.45) is 1.42. The summed E-state index contributed by atoms with van der Waals surface area (Å²) in [5.74, 6) is 0.360. The fourth-order valence-electron chi connectivity index (χ4n) is 4.28. The van der Waals surface area contributed by atoms with Crippen molar-refractivity contribution >= 4 is 28.9 Å². The molecule has 8 nitrogen and oxygen atoms in total. The van der Waals surface area contributed by atoms with Crippen molar-refractivity contribution in [3.05, 3.63) is 82.9 Å². The standard InChI is InChI=1S/C15H14O3.C14H18ClN3O2/c1-8-15(2,3)11-13(17)12(16)9-6-4-5-7-10(9)14(11)18-8;1-14(2,3)12(19)13(18-9-16-8-17-18)20-11-6-4-10(15)5-7-11/h4-8H,1-3H3;4-9,12-13,19H,1-3H3. The molecule has 1 aliphatic heterocycles. The predicted octanol–water partition coefficient (Wildman–Crippen LogP) is 5.52. The van der Waals surface area contributed by atoms with Gasteiger partial charge in [-0.05, 0) is 36.6 Å². The molecule has 5 rings (SSSR count). The van der Waals surface area contributed by atoms with Gasteiger partial charge < -0.3 is 14.6 Å². The summed E-state index contributed by atoms with van der Waals surface area (Å²) in [6.45, 7) is 11.6. The first kappa shape index (κ1) is 27.5. The second-order valence-corrected chi connectivity index (χ2v) is 11.5. The summed E-state index contributed by atoms with van der Waals surface area (Å²) in [7, 11) is 0. The highest BCUT2D eigenvalue weighted by molar-refractivity contribution is 6.52. The molecule has 2 aliphatic rings. The average molecular weight is 538 g/mol. The number of halogens is 1. The number of nitrogens with zero attached hydrogens (tertiary/aromatic N) is 3. The van der Waals surface area contributed by atoms with Gasteiger partial charge in [0.25, 0.3) is 0 Å². The first-order valence-electron chi connectivity index (χ1n) is 12.4. The molecule has 2 aromatic carbocycles. The Labute approximate surface area is 227 Å². The lowest BCUT2D eigenvalue weighted by Crippen LogP contribution is -2.38. The Kier molecular flexibility index (Phi) is 7.50. The topological polar surface area (TPSA) is 104 Å². The van der Waals surface area contributed by atoms with E-state index in [1.165, 1.54) is 17.3 Å². The first-order valence-corrected chi connectivity index (χ1v) is 12.7. The van der Waals surface area contributed by atoms with Gasteiger partial charge in [0.1, 0.15) is 36.4 Å². The third-order valence-corrected chi connectivity index (χ3v) is 7.21. The number of carbonyl (C=O) groups is 2. The van der Waals surface area contributed by atoms with Crippen molar-refractivity contribution in [3.8, 4) is 5.75 Å². The maximum atomic E-state index is 12.2. The lowest BCUT2D eigenvalue weighted by atomic mass is 9.74. The molecule has 0 fully saturated rings. The number of Topliss-reactive ketones (excluding diaryl/α,β-unsaturated/α-hetero) is 2. The third kappa shape index (κ3) is 5.24. The van der Waals surface area contributed by atoms with Crippen LogP contribution in [0.3, 0.4) is 0 Å². The van der Waals surface area contributed by atoms with E-state index in [1.54, 1.807) is 36.4 Å². The van der Waals surface area contributed by atoms with E-state index < -0.39 is 29.3 Å². The van der Waals surface area contributed by atoms with E-state index in [4.69, 9.17) is 21.1 Å². The van der Waals surface area contributed by atoms with Gasteiger partial charge in [-0.1, -0.05) is 70.5 Å². The van der Waals surface area contributed by atoms with Crippen LogP contribution in [0.15, 0.2) is 66.8 Å². The van der Waals surface area contributed by atoms with Gasteiger partial charge in [0.2, 0.25) is 17.8 Å². The number of ether oxygens (including phenoxy) is 2. The largest absolute Gasteiger partial charge is 0.489 e. The second-order valence-electron chi connectivity index (χ2n) is 11.0. The van der Waals surface area contributed by atoms with Crippen LogP contribution in [-0.4, -0.2) is 43.6 Å². The zero-order chi connectivity index (χ0) is 27.8. The molecule has 0 saturated carbocycles. The van der Waals surface area contributed by atoms with Crippen LogP contribution in [0.1, 0.15) is 63.7 Å². The maximum absolute atomic E-state index is 12.2. The molecule has 1 aliphatic carbocycles. The van der Waals surface area contributed by atoms with Gasteiger partial charge in [-0.3, -0.25) is 9.59 Å². The Morgan fingerprint density at radius 3 is 2.26 bits per heavy atom. The van der Waals surface area contributed by atoms with E-state index >= 15 is 0 Å². The molecule has 0 bridgehead atoms. The van der Waals surface area contributed by atoms with Crippen molar-refractivity contribution in [2.75, 3.05) is 0 Å². The summed E-state index contributed by atoms with van der Waals surface area (Å²) in [5, 5.41) is 15.2. The van der Waals surface area contributed by atoms with E-state index in [-0.39, 0.29) is 11.5 Å². The lowest BCUT2D eigenvalue weighted by Gasteiger charge is -2.32. The SMILES string of the molecule is CC(C)(C)C(O)C(Oc1ccc(Cl)cc1)n1cncn1.CC1OC2=C(C(=O)C(=O)c3ccccc32)C1(C)C. The Bertz CT molecular complexity index is 1360. The number of benzene rings is 2. The normalized spacial score (nSPS) is 19.5. The highest BCUT2D eigenvalue weighted by Crippen LogP contribution is 2.48. The van der Waals surface area contributed by atoms with Gasteiger partial charge in [0.15, 0.2) is 0 Å². The molecule has 0 spiro atoms. The Balaban J connectivity index is 0.000000178. The molecule has 200 valence electrons. The summed E-state index contributed by atoms with van der Waals surface area (Å²) in [4.78, 5) is 28.3. The van der Waals surface area contributed by atoms with Gasteiger partial charge >= 0.3 is 0 Å². The van der Waals surface area contributed by atoms with Crippen molar-refractivity contribution < 1.29 is 24.2 Å². The predicted molar refractivity (Wildman–Crippen MR) is 144 cm³/mol. The first-order chi connectivity index (χ1) is 17.8. The number of ketones is 2. The number of rotatable bonds is 4. The Hall–Kier alpha value is -3.49. The minimum atomic E-state index is -0.750. The van der Waals surface area contributed by atoms with Crippen LogP contribution in [0.2, 0.25) is 5.02 Å². The number of aromatic nitrogens is 3. The fourth-order valence-corrected chi connectivity index (χ4v) is 4.41. The van der Waals surface area contributed by atoms with Crippen molar-refractivity contribution in [3.63, 3.8) is 0 Å². The smallest absolute Gasteiger partial charge is 0.234 e. The molecule has 0 saturated heterocycles. The zero-order valence-corrected chi connectivity index (χ0v) is 23.1. The molecule has 0 radical (unpaired) electrons. The summed E-state index contributed by atoms with van der Waals surface area (Å²) < 4.78 is 13.2. The monoisotopic (exact) mass is 537 g/mol. The molecule has 38 heavy (non-hydrogen) atoms. The lowest BCUT2D eigenvalue weighted by molar-refractivity contribution is -0.112. The highest BCUT2D eigenvalue weighted by atomic mass is 35.5. The van der Waals surface area contributed by atoms with Crippen LogP contribution < -0.4 is 4.74 Å². The summed E-state index contributed by atoms with van der Waals surface area (Å²) >= 11 is 5.85. The van der Waals surface area contributed by atoms with E-state index in [0.29, 0.717) is 27.7 Å². The second kappa shape index (κ2) is 10.3. The minimum Gasteiger partial charge on any atom is -0.489 e. The number of aliphatic hydroxyl groups is 1. The maximum Gasteiger partial charge on any atom is 0.234 e. The van der Waals surface area contributed by atoms with Crippen LogP contribution in [0.25, 0.3) is 5.76 Å².